The molecule has 0 aromatic carbocycles. The first-order valence-corrected chi connectivity index (χ1v) is 6.63. The number of halogens is 3. The zero-order chi connectivity index (χ0) is 16.3. The van der Waals surface area contributed by atoms with E-state index in [0.717, 1.165) is 6.07 Å². The van der Waals surface area contributed by atoms with Crippen molar-refractivity contribution in [1.82, 2.24) is 4.98 Å². The smallest absolute Gasteiger partial charge is 0.422 e. The highest BCUT2D eigenvalue weighted by Crippen LogP contribution is 2.26. The van der Waals surface area contributed by atoms with Crippen LogP contribution < -0.4 is 9.64 Å². The number of rotatable bonds is 4. The number of aliphatic hydroxyl groups excluding tert-OH is 1. The van der Waals surface area contributed by atoms with Crippen LogP contribution in [-0.2, 0) is 0 Å². The van der Waals surface area contributed by atoms with Crippen LogP contribution in [0.4, 0.5) is 19.0 Å². The molecule has 1 aromatic rings. The van der Waals surface area contributed by atoms with Gasteiger partial charge >= 0.3 is 12.1 Å². The van der Waals surface area contributed by atoms with Crippen molar-refractivity contribution in [2.45, 2.75) is 25.1 Å². The summed E-state index contributed by atoms with van der Waals surface area (Å²) in [5, 5.41) is 18.6. The lowest BCUT2D eigenvalue weighted by molar-refractivity contribution is -0.154. The minimum absolute atomic E-state index is 0.0547. The van der Waals surface area contributed by atoms with Crippen molar-refractivity contribution in [2.24, 2.45) is 0 Å². The van der Waals surface area contributed by atoms with Crippen LogP contribution in [0.5, 0.6) is 5.88 Å². The van der Waals surface area contributed by atoms with Crippen molar-refractivity contribution in [3.8, 4) is 5.88 Å². The van der Waals surface area contributed by atoms with Gasteiger partial charge in [-0.25, -0.2) is 4.79 Å². The summed E-state index contributed by atoms with van der Waals surface area (Å²) in [6.45, 7) is -0.751. The maximum Gasteiger partial charge on any atom is 0.422 e. The molecular weight excluding hydrogens is 305 g/mol. The Balaban J connectivity index is 2.22. The fourth-order valence-electron chi connectivity index (χ4n) is 2.15. The Labute approximate surface area is 124 Å². The standard InChI is InChI=1S/C13H15F3N2O4/c14-13(15,16)7-22-10-2-1-9(12(20)21)11(17-10)18-5-3-8(19)4-6-18/h1-2,8,19H,3-7H2,(H,20,21). The molecule has 0 unspecified atom stereocenters. The average molecular weight is 320 g/mol. The highest BCUT2D eigenvalue weighted by molar-refractivity contribution is 5.93. The van der Waals surface area contributed by atoms with Gasteiger partial charge in [-0.3, -0.25) is 0 Å². The second-order valence-corrected chi connectivity index (χ2v) is 4.95. The van der Waals surface area contributed by atoms with E-state index in [1.54, 1.807) is 4.90 Å². The van der Waals surface area contributed by atoms with Gasteiger partial charge in [0.15, 0.2) is 6.61 Å². The molecule has 0 spiro atoms. The van der Waals surface area contributed by atoms with E-state index in [2.05, 4.69) is 9.72 Å². The number of piperidine rings is 1. The van der Waals surface area contributed by atoms with Crippen LogP contribution in [0.3, 0.4) is 0 Å². The molecule has 0 bridgehead atoms. The summed E-state index contributed by atoms with van der Waals surface area (Å²) < 4.78 is 41.0. The molecule has 1 aliphatic rings. The number of ether oxygens (including phenoxy) is 1. The molecular formula is C13H15F3N2O4. The molecule has 2 N–H and O–H groups in total. The highest BCUT2D eigenvalue weighted by Gasteiger charge is 2.29. The first-order valence-electron chi connectivity index (χ1n) is 6.63. The number of pyridine rings is 1. The van der Waals surface area contributed by atoms with Gasteiger partial charge in [-0.1, -0.05) is 0 Å². The minimum atomic E-state index is -4.50. The fraction of sp³-hybridized carbons (Fsp3) is 0.538. The summed E-state index contributed by atoms with van der Waals surface area (Å²) in [6, 6.07) is 2.26. The van der Waals surface area contributed by atoms with E-state index >= 15 is 0 Å². The molecule has 0 aliphatic carbocycles. The fourth-order valence-corrected chi connectivity index (χ4v) is 2.15. The van der Waals surface area contributed by atoms with Gasteiger partial charge in [-0.15, -0.1) is 0 Å². The summed E-state index contributed by atoms with van der Waals surface area (Å²) in [7, 11) is 0. The van der Waals surface area contributed by atoms with Gasteiger partial charge in [0, 0.05) is 19.2 Å². The van der Waals surface area contributed by atoms with E-state index in [9.17, 15) is 23.1 Å². The Bertz CT molecular complexity index is 543. The van der Waals surface area contributed by atoms with Crippen LogP contribution in [0.25, 0.3) is 0 Å². The molecule has 1 aromatic heterocycles. The predicted molar refractivity (Wildman–Crippen MR) is 70.2 cm³/mol. The van der Waals surface area contributed by atoms with Crippen LogP contribution in [0.15, 0.2) is 12.1 Å². The zero-order valence-corrected chi connectivity index (χ0v) is 11.5. The third-order valence-corrected chi connectivity index (χ3v) is 3.23. The van der Waals surface area contributed by atoms with Crippen molar-refractivity contribution in [2.75, 3.05) is 24.6 Å². The van der Waals surface area contributed by atoms with Crippen LogP contribution in [0.2, 0.25) is 0 Å². The van der Waals surface area contributed by atoms with Gasteiger partial charge in [0.05, 0.1) is 6.10 Å². The van der Waals surface area contributed by atoms with Gasteiger partial charge < -0.3 is 19.8 Å². The van der Waals surface area contributed by atoms with Gasteiger partial charge in [0.2, 0.25) is 5.88 Å². The van der Waals surface area contributed by atoms with E-state index in [1.807, 2.05) is 0 Å². The summed E-state index contributed by atoms with van der Waals surface area (Å²) in [4.78, 5) is 16.7. The van der Waals surface area contributed by atoms with Gasteiger partial charge in [-0.05, 0) is 18.9 Å². The van der Waals surface area contributed by atoms with Gasteiger partial charge in [0.25, 0.3) is 0 Å². The van der Waals surface area contributed by atoms with Crippen molar-refractivity contribution >= 4 is 11.8 Å². The molecule has 2 rings (SSSR count). The lowest BCUT2D eigenvalue weighted by Crippen LogP contribution is -2.37. The largest absolute Gasteiger partial charge is 0.478 e. The summed E-state index contributed by atoms with van der Waals surface area (Å²) >= 11 is 0. The second-order valence-electron chi connectivity index (χ2n) is 4.95. The van der Waals surface area contributed by atoms with Gasteiger partial charge in [0.1, 0.15) is 11.4 Å². The SMILES string of the molecule is O=C(O)c1ccc(OCC(F)(F)F)nc1N1CCC(O)CC1. The normalized spacial score (nSPS) is 16.6. The number of hydrogen-bond acceptors (Lipinski definition) is 5. The average Bonchev–Trinajstić information content (AvgIpc) is 2.45. The third kappa shape index (κ3) is 4.23. The summed E-state index contributed by atoms with van der Waals surface area (Å²) in [6.07, 6.45) is -4.08. The van der Waals surface area contributed by atoms with E-state index < -0.39 is 24.9 Å². The Kier molecular flexibility index (Phi) is 4.74. The van der Waals surface area contributed by atoms with Crippen molar-refractivity contribution in [3.63, 3.8) is 0 Å². The van der Waals surface area contributed by atoms with Crippen LogP contribution >= 0.6 is 0 Å². The number of aromatic nitrogens is 1. The van der Waals surface area contributed by atoms with Crippen molar-refractivity contribution < 1.29 is 32.9 Å². The monoisotopic (exact) mass is 320 g/mol. The molecule has 1 aliphatic heterocycles. The molecule has 122 valence electrons. The first kappa shape index (κ1) is 16.3. The molecule has 1 fully saturated rings. The minimum Gasteiger partial charge on any atom is -0.478 e. The Morgan fingerprint density at radius 3 is 2.55 bits per heavy atom. The molecule has 2 heterocycles. The van der Waals surface area contributed by atoms with Crippen LogP contribution in [0, 0.1) is 0 Å². The van der Waals surface area contributed by atoms with Crippen LogP contribution in [0.1, 0.15) is 23.2 Å². The van der Waals surface area contributed by atoms with E-state index in [4.69, 9.17) is 5.11 Å². The summed E-state index contributed by atoms with van der Waals surface area (Å²) in [5.41, 5.74) is -0.115. The van der Waals surface area contributed by atoms with Crippen molar-refractivity contribution in [1.29, 1.82) is 0 Å². The number of anilines is 1. The lowest BCUT2D eigenvalue weighted by atomic mass is 10.1. The van der Waals surface area contributed by atoms with Crippen LogP contribution in [-0.4, -0.2) is 53.1 Å². The topological polar surface area (TPSA) is 82.9 Å². The van der Waals surface area contributed by atoms with E-state index in [1.165, 1.54) is 6.07 Å². The lowest BCUT2D eigenvalue weighted by Gasteiger charge is -2.31. The molecule has 0 atom stereocenters. The Morgan fingerprint density at radius 1 is 1.36 bits per heavy atom. The number of aliphatic hydroxyl groups is 1. The first-order chi connectivity index (χ1) is 10.3. The summed E-state index contributed by atoms with van der Waals surface area (Å²) in [5.74, 6) is -1.46. The van der Waals surface area contributed by atoms with Gasteiger partial charge in [-0.2, -0.15) is 18.2 Å². The number of hydrogen-bond donors (Lipinski definition) is 2. The van der Waals surface area contributed by atoms with E-state index in [0.29, 0.717) is 25.9 Å². The van der Waals surface area contributed by atoms with Crippen molar-refractivity contribution in [3.05, 3.63) is 17.7 Å². The number of nitrogens with zero attached hydrogens (tertiary/aromatic N) is 2. The molecule has 9 heteroatoms. The quantitative estimate of drug-likeness (QED) is 0.878. The molecule has 22 heavy (non-hydrogen) atoms. The second kappa shape index (κ2) is 6.39. The molecule has 0 radical (unpaired) electrons. The molecule has 6 nitrogen and oxygen atoms in total. The Hall–Kier alpha value is -2.03. The molecule has 0 saturated carbocycles. The number of alkyl halides is 3. The molecule has 0 amide bonds. The number of carboxylic acid groups (broad SMARTS) is 1. The highest BCUT2D eigenvalue weighted by atomic mass is 19.4. The predicted octanol–water partition coefficient (Wildman–Crippen LogP) is 1.68. The zero-order valence-electron chi connectivity index (χ0n) is 11.5. The Morgan fingerprint density at radius 2 is 2.00 bits per heavy atom. The maximum atomic E-state index is 12.2. The number of carboxylic acids is 1. The third-order valence-electron chi connectivity index (χ3n) is 3.23. The van der Waals surface area contributed by atoms with E-state index in [-0.39, 0.29) is 17.3 Å². The number of carbonyl (C=O) groups is 1. The molecule has 1 saturated heterocycles. The number of aromatic carboxylic acids is 1. The maximum absolute atomic E-state index is 12.2.